The minimum Gasteiger partial charge on any atom is -0.505 e. The number of aliphatic hydroxyl groups is 1. The molecule has 2 rings (SSSR count). The summed E-state index contributed by atoms with van der Waals surface area (Å²) in [4.78, 5) is 21.4. The van der Waals surface area contributed by atoms with Gasteiger partial charge in [0.2, 0.25) is 0 Å². The summed E-state index contributed by atoms with van der Waals surface area (Å²) < 4.78 is 1.55. The third-order valence-electron chi connectivity index (χ3n) is 2.71. The topological polar surface area (TPSA) is 118 Å². The number of nitrogens with zero attached hydrogens (tertiary/aromatic N) is 2. The van der Waals surface area contributed by atoms with Crippen LogP contribution in [0.15, 0.2) is 42.6 Å². The lowest BCUT2D eigenvalue weighted by molar-refractivity contribution is -0.146. The van der Waals surface area contributed by atoms with Crippen molar-refractivity contribution in [2.75, 3.05) is 5.73 Å². The lowest BCUT2D eigenvalue weighted by Crippen LogP contribution is -2.09. The van der Waals surface area contributed by atoms with Crippen LogP contribution in [0.3, 0.4) is 0 Å². The minimum atomic E-state index is -1.64. The van der Waals surface area contributed by atoms with Crippen LogP contribution in [0, 0.1) is 0 Å². The van der Waals surface area contributed by atoms with E-state index in [1.54, 1.807) is 23.0 Å². The number of carboxylic acids is 1. The van der Waals surface area contributed by atoms with Crippen LogP contribution in [-0.2, 0) is 16.1 Å². The highest BCUT2D eigenvalue weighted by atomic mass is 16.4. The number of benzene rings is 1. The van der Waals surface area contributed by atoms with Crippen molar-refractivity contribution in [2.24, 2.45) is 0 Å². The molecule has 0 aliphatic heterocycles. The average molecular weight is 287 g/mol. The van der Waals surface area contributed by atoms with Crippen molar-refractivity contribution in [3.05, 3.63) is 53.9 Å². The minimum absolute atomic E-state index is 0.125. The largest absolute Gasteiger partial charge is 0.505 e. The Bertz CT molecular complexity index is 701. The number of hydrogen-bond donors (Lipinski definition) is 3. The van der Waals surface area contributed by atoms with E-state index < -0.39 is 17.5 Å². The summed E-state index contributed by atoms with van der Waals surface area (Å²) in [7, 11) is 0. The SMILES string of the molecule is Nc1ccc(Cn2ccc(C(O)=CC(=O)C(=O)O)n2)cc1. The van der Waals surface area contributed by atoms with Gasteiger partial charge in [0.05, 0.1) is 6.54 Å². The monoisotopic (exact) mass is 287 g/mol. The van der Waals surface area contributed by atoms with Gasteiger partial charge in [-0.15, -0.1) is 0 Å². The maximum absolute atomic E-state index is 11.0. The molecule has 1 aromatic heterocycles. The van der Waals surface area contributed by atoms with Gasteiger partial charge in [-0.05, 0) is 23.8 Å². The molecule has 0 atom stereocenters. The van der Waals surface area contributed by atoms with E-state index in [0.717, 1.165) is 5.56 Å². The van der Waals surface area contributed by atoms with Gasteiger partial charge in [0.25, 0.3) is 5.78 Å². The normalized spacial score (nSPS) is 11.3. The van der Waals surface area contributed by atoms with E-state index in [9.17, 15) is 14.7 Å². The van der Waals surface area contributed by atoms with Crippen molar-refractivity contribution in [1.82, 2.24) is 9.78 Å². The number of aliphatic hydroxyl groups excluding tert-OH is 1. The predicted octanol–water partition coefficient (Wildman–Crippen LogP) is 1.07. The molecule has 0 aliphatic carbocycles. The molecule has 0 spiro atoms. The van der Waals surface area contributed by atoms with Gasteiger partial charge in [0, 0.05) is 18.0 Å². The van der Waals surface area contributed by atoms with Gasteiger partial charge in [-0.2, -0.15) is 5.10 Å². The highest BCUT2D eigenvalue weighted by Gasteiger charge is 2.12. The number of ketones is 1. The third-order valence-corrected chi connectivity index (χ3v) is 2.71. The van der Waals surface area contributed by atoms with Crippen molar-refractivity contribution >= 4 is 23.2 Å². The number of aliphatic carboxylic acids is 1. The molecule has 1 heterocycles. The number of rotatable bonds is 5. The second-order valence-corrected chi connectivity index (χ2v) is 4.34. The van der Waals surface area contributed by atoms with Crippen molar-refractivity contribution in [2.45, 2.75) is 6.54 Å². The predicted molar refractivity (Wildman–Crippen MR) is 75.4 cm³/mol. The van der Waals surface area contributed by atoms with E-state index in [2.05, 4.69) is 5.10 Å². The molecule has 1 aromatic carbocycles. The van der Waals surface area contributed by atoms with E-state index in [-0.39, 0.29) is 5.69 Å². The van der Waals surface area contributed by atoms with E-state index in [1.807, 2.05) is 12.1 Å². The van der Waals surface area contributed by atoms with Gasteiger partial charge in [-0.25, -0.2) is 4.79 Å². The molecule has 0 fully saturated rings. The molecule has 21 heavy (non-hydrogen) atoms. The van der Waals surface area contributed by atoms with Crippen LogP contribution in [0.1, 0.15) is 11.3 Å². The number of anilines is 1. The Morgan fingerprint density at radius 2 is 1.86 bits per heavy atom. The van der Waals surface area contributed by atoms with Gasteiger partial charge in [0.1, 0.15) is 11.5 Å². The van der Waals surface area contributed by atoms with E-state index in [1.165, 1.54) is 6.07 Å². The summed E-state index contributed by atoms with van der Waals surface area (Å²) in [6.07, 6.45) is 2.24. The lowest BCUT2D eigenvalue weighted by atomic mass is 10.2. The maximum atomic E-state index is 11.0. The number of carboxylic acid groups (broad SMARTS) is 1. The van der Waals surface area contributed by atoms with Crippen LogP contribution in [0.5, 0.6) is 0 Å². The molecule has 0 saturated heterocycles. The fourth-order valence-corrected chi connectivity index (χ4v) is 1.66. The molecule has 0 unspecified atom stereocenters. The van der Waals surface area contributed by atoms with E-state index >= 15 is 0 Å². The first-order valence-corrected chi connectivity index (χ1v) is 6.02. The first kappa shape index (κ1) is 14.3. The first-order valence-electron chi connectivity index (χ1n) is 6.02. The molecule has 108 valence electrons. The Morgan fingerprint density at radius 3 is 2.48 bits per heavy atom. The lowest BCUT2D eigenvalue weighted by Gasteiger charge is -2.02. The number of nitrogens with two attached hydrogens (primary N) is 1. The van der Waals surface area contributed by atoms with Gasteiger partial charge >= 0.3 is 5.97 Å². The highest BCUT2D eigenvalue weighted by molar-refractivity contribution is 6.38. The molecule has 0 saturated carbocycles. The van der Waals surface area contributed by atoms with Gasteiger partial charge < -0.3 is 15.9 Å². The Labute approximate surface area is 119 Å². The van der Waals surface area contributed by atoms with Crippen molar-refractivity contribution < 1.29 is 19.8 Å². The molecule has 4 N–H and O–H groups in total. The van der Waals surface area contributed by atoms with Crippen LogP contribution >= 0.6 is 0 Å². The van der Waals surface area contributed by atoms with Crippen LogP contribution < -0.4 is 5.73 Å². The summed E-state index contributed by atoms with van der Waals surface area (Å²) >= 11 is 0. The Kier molecular flexibility index (Phi) is 4.03. The molecule has 7 heteroatoms. The Morgan fingerprint density at radius 1 is 1.19 bits per heavy atom. The third kappa shape index (κ3) is 3.69. The van der Waals surface area contributed by atoms with Crippen LogP contribution in [0.4, 0.5) is 5.69 Å². The second-order valence-electron chi connectivity index (χ2n) is 4.34. The standard InChI is InChI=1S/C14H13N3O4/c15-10-3-1-9(2-4-10)8-17-6-5-11(16-17)12(18)7-13(19)14(20)21/h1-7,18H,8,15H2,(H,20,21). The summed E-state index contributed by atoms with van der Waals surface area (Å²) in [5.74, 6) is -3.33. The second kappa shape index (κ2) is 5.91. The van der Waals surface area contributed by atoms with Crippen LogP contribution in [-0.4, -0.2) is 31.7 Å². The van der Waals surface area contributed by atoms with Crippen molar-refractivity contribution in [1.29, 1.82) is 0 Å². The summed E-state index contributed by atoms with van der Waals surface area (Å²) in [5, 5.41) is 22.2. The van der Waals surface area contributed by atoms with Gasteiger partial charge in [-0.3, -0.25) is 9.48 Å². The van der Waals surface area contributed by atoms with Gasteiger partial charge in [0.15, 0.2) is 0 Å². The molecular formula is C14H13N3O4. The zero-order valence-electron chi connectivity index (χ0n) is 10.9. The first-order chi connectivity index (χ1) is 9.95. The van der Waals surface area contributed by atoms with Crippen LogP contribution in [0.2, 0.25) is 0 Å². The zero-order chi connectivity index (χ0) is 15.4. The van der Waals surface area contributed by atoms with Crippen molar-refractivity contribution in [3.63, 3.8) is 0 Å². The molecule has 0 amide bonds. The summed E-state index contributed by atoms with van der Waals surface area (Å²) in [5.41, 5.74) is 7.34. The average Bonchev–Trinajstić information content (AvgIpc) is 2.90. The smallest absolute Gasteiger partial charge is 0.376 e. The highest BCUT2D eigenvalue weighted by Crippen LogP contribution is 2.11. The summed E-state index contributed by atoms with van der Waals surface area (Å²) in [6, 6.07) is 8.71. The van der Waals surface area contributed by atoms with Crippen LogP contribution in [0.25, 0.3) is 5.76 Å². The fraction of sp³-hybridized carbons (Fsp3) is 0.0714. The number of hydrogen-bond acceptors (Lipinski definition) is 5. The van der Waals surface area contributed by atoms with Crippen molar-refractivity contribution in [3.8, 4) is 0 Å². The number of carbonyl (C=O) groups excluding carboxylic acids is 1. The molecule has 7 nitrogen and oxygen atoms in total. The van der Waals surface area contributed by atoms with E-state index in [4.69, 9.17) is 10.8 Å². The summed E-state index contributed by atoms with van der Waals surface area (Å²) in [6.45, 7) is 0.459. The Hall–Kier alpha value is -3.09. The number of carbonyl (C=O) groups is 2. The molecule has 0 radical (unpaired) electrons. The quantitative estimate of drug-likeness (QED) is 0.327. The molecule has 0 aliphatic rings. The number of nitrogen functional groups attached to an aromatic ring is 1. The van der Waals surface area contributed by atoms with E-state index in [0.29, 0.717) is 18.3 Å². The maximum Gasteiger partial charge on any atom is 0.376 e. The van der Waals surface area contributed by atoms with Gasteiger partial charge in [-0.1, -0.05) is 12.1 Å². The zero-order valence-corrected chi connectivity index (χ0v) is 10.9. The fourth-order valence-electron chi connectivity index (χ4n) is 1.66. The molecule has 0 bridgehead atoms. The Balaban J connectivity index is 2.12. The number of aromatic nitrogens is 2. The molecule has 2 aromatic rings. The molecular weight excluding hydrogens is 274 g/mol.